The van der Waals surface area contributed by atoms with Crippen LogP contribution in [0.1, 0.15) is 56.6 Å². The Labute approximate surface area is 260 Å². The average molecular weight is 626 g/mol. The molecule has 0 aromatic heterocycles. The second-order valence-electron chi connectivity index (χ2n) is 10.9. The van der Waals surface area contributed by atoms with E-state index < -0.39 is 28.5 Å². The first kappa shape index (κ1) is 32.4. The van der Waals surface area contributed by atoms with E-state index in [2.05, 4.69) is 5.32 Å². The number of carbonyl (C=O) groups is 2. The number of anilines is 1. The van der Waals surface area contributed by atoms with Gasteiger partial charge in [0.25, 0.3) is 10.0 Å². The molecule has 1 aliphatic rings. The number of methoxy groups -OCH3 is 1. The quantitative estimate of drug-likeness (QED) is 0.262. The number of carbonyl (C=O) groups excluding carboxylic acids is 2. The Balaban J connectivity index is 1.76. The van der Waals surface area contributed by atoms with Crippen LogP contribution in [0.4, 0.5) is 5.69 Å². The van der Waals surface area contributed by atoms with Crippen LogP contribution in [0.3, 0.4) is 0 Å². The molecule has 10 heteroatoms. The van der Waals surface area contributed by atoms with E-state index in [-0.39, 0.29) is 29.1 Å². The van der Waals surface area contributed by atoms with E-state index in [0.29, 0.717) is 22.8 Å². The molecule has 3 aromatic rings. The molecule has 3 aromatic carbocycles. The smallest absolute Gasteiger partial charge is 0.264 e. The number of benzene rings is 3. The van der Waals surface area contributed by atoms with Crippen LogP contribution in [0, 0.1) is 6.92 Å². The number of hydrogen-bond donors (Lipinski definition) is 1. The maximum Gasteiger partial charge on any atom is 0.264 e. The molecular formula is C33H40ClN3O5S. The molecule has 0 spiro atoms. The van der Waals surface area contributed by atoms with E-state index in [9.17, 15) is 18.0 Å². The van der Waals surface area contributed by atoms with Crippen LogP contribution in [-0.4, -0.2) is 50.9 Å². The van der Waals surface area contributed by atoms with Crippen LogP contribution in [0.15, 0.2) is 77.7 Å². The lowest BCUT2D eigenvalue weighted by Gasteiger charge is -2.35. The highest BCUT2D eigenvalue weighted by molar-refractivity contribution is 7.92. The summed E-state index contributed by atoms with van der Waals surface area (Å²) in [6.07, 6.45) is 5.39. The van der Waals surface area contributed by atoms with Crippen LogP contribution in [-0.2, 0) is 26.2 Å². The minimum atomic E-state index is -4.21. The first-order valence-corrected chi connectivity index (χ1v) is 16.5. The maximum atomic E-state index is 14.4. The molecule has 0 aliphatic heterocycles. The van der Waals surface area contributed by atoms with E-state index in [1.54, 1.807) is 48.5 Å². The Morgan fingerprint density at radius 3 is 2.33 bits per heavy atom. The number of hydrogen-bond acceptors (Lipinski definition) is 5. The Kier molecular flexibility index (Phi) is 11.1. The highest BCUT2D eigenvalue weighted by Crippen LogP contribution is 2.34. The van der Waals surface area contributed by atoms with E-state index in [1.165, 1.54) is 24.1 Å². The van der Waals surface area contributed by atoms with Crippen molar-refractivity contribution in [2.75, 3.05) is 18.0 Å². The lowest BCUT2D eigenvalue weighted by atomic mass is 9.95. The first-order chi connectivity index (χ1) is 20.6. The van der Waals surface area contributed by atoms with Gasteiger partial charge in [0, 0.05) is 17.6 Å². The van der Waals surface area contributed by atoms with Gasteiger partial charge in [-0.15, -0.1) is 0 Å². The summed E-state index contributed by atoms with van der Waals surface area (Å²) in [5.41, 5.74) is 1.69. The monoisotopic (exact) mass is 625 g/mol. The van der Waals surface area contributed by atoms with Crippen molar-refractivity contribution in [1.29, 1.82) is 0 Å². The van der Waals surface area contributed by atoms with E-state index in [4.69, 9.17) is 16.3 Å². The second kappa shape index (κ2) is 14.8. The summed E-state index contributed by atoms with van der Waals surface area (Å²) in [5, 5.41) is 3.61. The molecule has 0 unspecified atom stereocenters. The van der Waals surface area contributed by atoms with Crippen molar-refractivity contribution >= 4 is 39.1 Å². The molecular weight excluding hydrogens is 586 g/mol. The summed E-state index contributed by atoms with van der Waals surface area (Å²) in [6, 6.07) is 19.5. The summed E-state index contributed by atoms with van der Waals surface area (Å²) >= 11 is 6.51. The number of rotatable bonds is 12. The lowest BCUT2D eigenvalue weighted by Crippen LogP contribution is -2.54. The van der Waals surface area contributed by atoms with Crippen molar-refractivity contribution in [3.63, 3.8) is 0 Å². The van der Waals surface area contributed by atoms with Crippen LogP contribution in [0.2, 0.25) is 5.02 Å². The molecule has 8 nitrogen and oxygen atoms in total. The van der Waals surface area contributed by atoms with Gasteiger partial charge in [-0.25, -0.2) is 8.42 Å². The third-order valence-electron chi connectivity index (χ3n) is 7.85. The van der Waals surface area contributed by atoms with Crippen LogP contribution in [0.25, 0.3) is 0 Å². The largest absolute Gasteiger partial charge is 0.495 e. The predicted molar refractivity (Wildman–Crippen MR) is 170 cm³/mol. The molecule has 1 saturated carbocycles. The fraction of sp³-hybridized carbons (Fsp3) is 0.394. The lowest BCUT2D eigenvalue weighted by molar-refractivity contribution is -0.140. The Morgan fingerprint density at radius 2 is 1.67 bits per heavy atom. The molecule has 1 atom stereocenters. The second-order valence-corrected chi connectivity index (χ2v) is 13.2. The number of amides is 2. The highest BCUT2D eigenvalue weighted by atomic mass is 35.5. The molecule has 4 rings (SSSR count). The van der Waals surface area contributed by atoms with Gasteiger partial charge in [-0.3, -0.25) is 13.9 Å². The van der Waals surface area contributed by atoms with E-state index >= 15 is 0 Å². The fourth-order valence-corrected chi connectivity index (χ4v) is 7.13. The maximum absolute atomic E-state index is 14.4. The first-order valence-electron chi connectivity index (χ1n) is 14.7. The molecule has 43 heavy (non-hydrogen) atoms. The van der Waals surface area contributed by atoms with Gasteiger partial charge in [-0.1, -0.05) is 80.3 Å². The van der Waals surface area contributed by atoms with Gasteiger partial charge in [0.1, 0.15) is 18.3 Å². The summed E-state index contributed by atoms with van der Waals surface area (Å²) < 4.78 is 34.9. The van der Waals surface area contributed by atoms with Crippen LogP contribution < -0.4 is 14.4 Å². The fourth-order valence-electron chi connectivity index (χ4n) is 5.50. The van der Waals surface area contributed by atoms with Crippen molar-refractivity contribution in [2.24, 2.45) is 0 Å². The molecule has 0 heterocycles. The Bertz CT molecular complexity index is 1510. The Morgan fingerprint density at radius 1 is 1.00 bits per heavy atom. The van der Waals surface area contributed by atoms with Crippen molar-refractivity contribution in [2.45, 2.75) is 75.9 Å². The zero-order valence-electron chi connectivity index (χ0n) is 25.0. The standard InChI is InChI=1S/C33H40ClN3O5S/c1-4-29(33(39)35-26-14-7-5-8-15-26)36(22-25-13-11-12-18-28(25)34)32(38)23-37(30-21-24(2)19-20-31(30)42-3)43(40,41)27-16-9-6-10-17-27/h6,9-13,16-21,26,29H,4-5,7-8,14-15,22-23H2,1-3H3,(H,35,39)/t29-/m0/s1. The van der Waals surface area contributed by atoms with Gasteiger partial charge in [0.15, 0.2) is 0 Å². The zero-order valence-corrected chi connectivity index (χ0v) is 26.5. The summed E-state index contributed by atoms with van der Waals surface area (Å²) in [5.74, 6) is -0.480. The average Bonchev–Trinajstić information content (AvgIpc) is 3.01. The predicted octanol–water partition coefficient (Wildman–Crippen LogP) is 6.11. The van der Waals surface area contributed by atoms with Crippen molar-refractivity contribution in [3.05, 3.63) is 88.9 Å². The van der Waals surface area contributed by atoms with Crippen LogP contribution in [0.5, 0.6) is 5.75 Å². The summed E-state index contributed by atoms with van der Waals surface area (Å²) in [4.78, 5) is 29.5. The Hall–Kier alpha value is -3.56. The van der Waals surface area contributed by atoms with Crippen molar-refractivity contribution in [1.82, 2.24) is 10.2 Å². The zero-order chi connectivity index (χ0) is 31.0. The number of ether oxygens (including phenoxy) is 1. The molecule has 1 N–H and O–H groups in total. The molecule has 0 radical (unpaired) electrons. The summed E-state index contributed by atoms with van der Waals surface area (Å²) in [6.45, 7) is 3.18. The molecule has 230 valence electrons. The number of nitrogens with one attached hydrogen (secondary N) is 1. The SMILES string of the molecule is CC[C@@H](C(=O)NC1CCCCC1)N(Cc1ccccc1Cl)C(=O)CN(c1cc(C)ccc1OC)S(=O)(=O)c1ccccc1. The molecule has 1 aliphatic carbocycles. The third kappa shape index (κ3) is 7.89. The van der Waals surface area contributed by atoms with Gasteiger partial charge < -0.3 is 15.0 Å². The summed E-state index contributed by atoms with van der Waals surface area (Å²) in [7, 11) is -2.76. The molecule has 1 fully saturated rings. The van der Waals surface area contributed by atoms with Gasteiger partial charge >= 0.3 is 0 Å². The number of nitrogens with zero attached hydrogens (tertiary/aromatic N) is 2. The van der Waals surface area contributed by atoms with Gasteiger partial charge in [0.2, 0.25) is 11.8 Å². The van der Waals surface area contributed by atoms with Crippen molar-refractivity contribution in [3.8, 4) is 5.75 Å². The number of aryl methyl sites for hydroxylation is 1. The number of halogens is 1. The molecule has 0 saturated heterocycles. The van der Waals surface area contributed by atoms with Crippen molar-refractivity contribution < 1.29 is 22.7 Å². The van der Waals surface area contributed by atoms with Crippen LogP contribution >= 0.6 is 11.6 Å². The minimum absolute atomic E-state index is 0.0334. The van der Waals surface area contributed by atoms with Gasteiger partial charge in [0.05, 0.1) is 17.7 Å². The highest BCUT2D eigenvalue weighted by Gasteiger charge is 2.35. The molecule has 2 amide bonds. The number of sulfonamides is 1. The van der Waals surface area contributed by atoms with Gasteiger partial charge in [-0.05, 0) is 67.6 Å². The normalized spacial score (nSPS) is 14.5. The van der Waals surface area contributed by atoms with E-state index in [1.807, 2.05) is 26.0 Å². The topological polar surface area (TPSA) is 96.0 Å². The third-order valence-corrected chi connectivity index (χ3v) is 9.99. The van der Waals surface area contributed by atoms with E-state index in [0.717, 1.165) is 42.0 Å². The van der Waals surface area contributed by atoms with Gasteiger partial charge in [-0.2, -0.15) is 0 Å². The minimum Gasteiger partial charge on any atom is -0.495 e. The molecule has 0 bridgehead atoms.